The van der Waals surface area contributed by atoms with Crippen LogP contribution in [0.25, 0.3) is 0 Å². The van der Waals surface area contributed by atoms with Crippen LogP contribution in [0.15, 0.2) is 28.7 Å². The van der Waals surface area contributed by atoms with Crippen molar-refractivity contribution in [2.24, 2.45) is 5.73 Å². The minimum absolute atomic E-state index is 0.134. The Labute approximate surface area is 137 Å². The van der Waals surface area contributed by atoms with Gasteiger partial charge in [-0.15, -0.1) is 0 Å². The van der Waals surface area contributed by atoms with Crippen molar-refractivity contribution in [1.82, 2.24) is 10.2 Å². The van der Waals surface area contributed by atoms with Crippen LogP contribution in [0.3, 0.4) is 0 Å². The third kappa shape index (κ3) is 6.39. The van der Waals surface area contributed by atoms with Gasteiger partial charge in [0.2, 0.25) is 5.91 Å². The number of nitrogens with one attached hydrogen (secondary N) is 1. The number of hydrogen-bond donors (Lipinski definition) is 2. The number of halogens is 1. The number of nitrogens with zero attached hydrogens (tertiary/aromatic N) is 1. The van der Waals surface area contributed by atoms with E-state index >= 15 is 0 Å². The third-order valence-corrected chi connectivity index (χ3v) is 4.11. The fourth-order valence-electron chi connectivity index (χ4n) is 1.87. The van der Waals surface area contributed by atoms with E-state index in [-0.39, 0.29) is 5.91 Å². The Bertz CT molecular complexity index is 482. The Balaban J connectivity index is 2.67. The van der Waals surface area contributed by atoms with E-state index in [1.165, 1.54) is 0 Å². The molecular formula is C14H20BrN3O2S. The molecule has 0 saturated carbocycles. The van der Waals surface area contributed by atoms with E-state index in [1.807, 2.05) is 30.5 Å². The van der Waals surface area contributed by atoms with Gasteiger partial charge in [0.15, 0.2) is 0 Å². The molecule has 0 aliphatic carbocycles. The van der Waals surface area contributed by atoms with Crippen molar-refractivity contribution in [3.63, 3.8) is 0 Å². The Morgan fingerprint density at radius 3 is 2.52 bits per heavy atom. The molecule has 0 aliphatic heterocycles. The number of nitrogens with two attached hydrogens (primary N) is 1. The number of likely N-dealkylation sites (N-methyl/N-ethyl adjacent to an activating group) is 1. The van der Waals surface area contributed by atoms with Gasteiger partial charge in [-0.25, -0.2) is 4.79 Å². The molecule has 7 heteroatoms. The smallest absolute Gasteiger partial charge is 0.312 e. The van der Waals surface area contributed by atoms with Crippen molar-refractivity contribution in [3.8, 4) is 0 Å². The number of carbonyl (C=O) groups is 2. The molecule has 1 rings (SSSR count). The van der Waals surface area contributed by atoms with Crippen LogP contribution in [-0.2, 0) is 11.3 Å². The average Bonchev–Trinajstić information content (AvgIpc) is 2.44. The Hall–Kier alpha value is -1.21. The van der Waals surface area contributed by atoms with Gasteiger partial charge >= 0.3 is 6.03 Å². The van der Waals surface area contributed by atoms with E-state index < -0.39 is 12.1 Å². The first-order valence-corrected chi connectivity index (χ1v) is 8.67. The van der Waals surface area contributed by atoms with Crippen molar-refractivity contribution in [1.29, 1.82) is 0 Å². The molecule has 1 atom stereocenters. The molecule has 0 aliphatic rings. The quantitative estimate of drug-likeness (QED) is 0.768. The highest BCUT2D eigenvalue weighted by atomic mass is 79.9. The van der Waals surface area contributed by atoms with Gasteiger partial charge in [0, 0.05) is 18.1 Å². The highest BCUT2D eigenvalue weighted by Gasteiger charge is 2.22. The summed E-state index contributed by atoms with van der Waals surface area (Å²) in [4.78, 5) is 25.0. The molecule has 1 unspecified atom stereocenters. The van der Waals surface area contributed by atoms with Crippen LogP contribution in [0.5, 0.6) is 0 Å². The first kappa shape index (κ1) is 17.8. The number of thioether (sulfide) groups is 1. The lowest BCUT2D eigenvalue weighted by molar-refractivity contribution is -0.132. The fourth-order valence-corrected chi connectivity index (χ4v) is 2.61. The van der Waals surface area contributed by atoms with Gasteiger partial charge < -0.3 is 16.0 Å². The van der Waals surface area contributed by atoms with E-state index in [4.69, 9.17) is 5.73 Å². The highest BCUT2D eigenvalue weighted by Crippen LogP contribution is 2.13. The van der Waals surface area contributed by atoms with Gasteiger partial charge in [0.05, 0.1) is 0 Å². The number of urea groups is 1. The van der Waals surface area contributed by atoms with E-state index in [1.54, 1.807) is 23.7 Å². The first-order chi connectivity index (χ1) is 9.93. The summed E-state index contributed by atoms with van der Waals surface area (Å²) < 4.78 is 0.994. The number of benzene rings is 1. The summed E-state index contributed by atoms with van der Waals surface area (Å²) in [5.74, 6) is 0.647. The topological polar surface area (TPSA) is 75.4 Å². The van der Waals surface area contributed by atoms with Crippen molar-refractivity contribution >= 4 is 39.6 Å². The van der Waals surface area contributed by atoms with Gasteiger partial charge in [-0.05, 0) is 36.1 Å². The standard InChI is InChI=1S/C14H20BrN3O2S/c1-18(9-10-3-5-11(15)6-4-10)13(19)12(7-8-21-2)17-14(16)20/h3-6,12H,7-9H2,1-2H3,(H3,16,17,20). The van der Waals surface area contributed by atoms with Gasteiger partial charge in [0.25, 0.3) is 0 Å². The predicted octanol–water partition coefficient (Wildman–Crippen LogP) is 2.20. The SMILES string of the molecule is CSCCC(NC(N)=O)C(=O)N(C)Cc1ccc(Br)cc1. The van der Waals surface area contributed by atoms with Crippen LogP contribution in [0.4, 0.5) is 4.79 Å². The summed E-state index contributed by atoms with van der Waals surface area (Å²) in [6.07, 6.45) is 2.52. The van der Waals surface area contributed by atoms with Crippen LogP contribution < -0.4 is 11.1 Å². The van der Waals surface area contributed by atoms with E-state index in [0.717, 1.165) is 15.8 Å². The van der Waals surface area contributed by atoms with Gasteiger partial charge in [-0.1, -0.05) is 28.1 Å². The minimum atomic E-state index is -0.675. The summed E-state index contributed by atoms with van der Waals surface area (Å²) in [5.41, 5.74) is 6.16. The predicted molar refractivity (Wildman–Crippen MR) is 90.1 cm³/mol. The highest BCUT2D eigenvalue weighted by molar-refractivity contribution is 9.10. The molecule has 0 heterocycles. The summed E-state index contributed by atoms with van der Waals surface area (Å²) in [5, 5.41) is 2.52. The summed E-state index contributed by atoms with van der Waals surface area (Å²) in [7, 11) is 1.72. The Morgan fingerprint density at radius 1 is 1.38 bits per heavy atom. The molecular weight excluding hydrogens is 354 g/mol. The van der Waals surface area contributed by atoms with Crippen molar-refractivity contribution < 1.29 is 9.59 Å². The average molecular weight is 374 g/mol. The van der Waals surface area contributed by atoms with Crippen LogP contribution >= 0.6 is 27.7 Å². The molecule has 3 amide bonds. The Kier molecular flexibility index (Phi) is 7.60. The third-order valence-electron chi connectivity index (χ3n) is 2.93. The molecule has 0 saturated heterocycles. The first-order valence-electron chi connectivity index (χ1n) is 6.48. The van der Waals surface area contributed by atoms with Gasteiger partial charge in [-0.3, -0.25) is 4.79 Å². The lowest BCUT2D eigenvalue weighted by Gasteiger charge is -2.24. The largest absolute Gasteiger partial charge is 0.352 e. The molecule has 21 heavy (non-hydrogen) atoms. The monoisotopic (exact) mass is 373 g/mol. The van der Waals surface area contributed by atoms with Crippen LogP contribution in [0, 0.1) is 0 Å². The second-order valence-corrected chi connectivity index (χ2v) is 6.56. The summed E-state index contributed by atoms with van der Waals surface area (Å²) in [6, 6.07) is 6.52. The van der Waals surface area contributed by atoms with E-state index in [0.29, 0.717) is 13.0 Å². The number of primary amides is 1. The fraction of sp³-hybridized carbons (Fsp3) is 0.429. The van der Waals surface area contributed by atoms with Crippen LogP contribution in [0.2, 0.25) is 0 Å². The van der Waals surface area contributed by atoms with Crippen molar-refractivity contribution in [2.75, 3.05) is 19.1 Å². The lowest BCUT2D eigenvalue weighted by Crippen LogP contribution is -2.49. The molecule has 3 N–H and O–H groups in total. The number of carbonyl (C=O) groups excluding carboxylic acids is 2. The molecule has 1 aromatic rings. The summed E-state index contributed by atoms with van der Waals surface area (Å²) in [6.45, 7) is 0.488. The molecule has 1 aromatic carbocycles. The molecule has 116 valence electrons. The zero-order valence-electron chi connectivity index (χ0n) is 12.1. The van der Waals surface area contributed by atoms with E-state index in [9.17, 15) is 9.59 Å². The maximum atomic E-state index is 12.4. The number of hydrogen-bond acceptors (Lipinski definition) is 3. The molecule has 0 aromatic heterocycles. The molecule has 0 radical (unpaired) electrons. The van der Waals surface area contributed by atoms with Crippen LogP contribution in [0.1, 0.15) is 12.0 Å². The molecule has 0 spiro atoms. The van der Waals surface area contributed by atoms with Crippen molar-refractivity contribution in [3.05, 3.63) is 34.3 Å². The van der Waals surface area contributed by atoms with E-state index in [2.05, 4.69) is 21.2 Å². The van der Waals surface area contributed by atoms with Gasteiger partial charge in [-0.2, -0.15) is 11.8 Å². The zero-order valence-corrected chi connectivity index (χ0v) is 14.5. The van der Waals surface area contributed by atoms with Crippen molar-refractivity contribution in [2.45, 2.75) is 19.0 Å². The maximum absolute atomic E-state index is 12.4. The second kappa shape index (κ2) is 8.94. The minimum Gasteiger partial charge on any atom is -0.352 e. The maximum Gasteiger partial charge on any atom is 0.312 e. The summed E-state index contributed by atoms with van der Waals surface area (Å²) >= 11 is 5.00. The molecule has 0 bridgehead atoms. The Morgan fingerprint density at radius 2 is 2.00 bits per heavy atom. The zero-order chi connectivity index (χ0) is 15.8. The van der Waals surface area contributed by atoms with Gasteiger partial charge in [0.1, 0.15) is 6.04 Å². The number of rotatable bonds is 7. The van der Waals surface area contributed by atoms with Crippen LogP contribution in [-0.4, -0.2) is 41.9 Å². The second-order valence-electron chi connectivity index (χ2n) is 4.66. The molecule has 0 fully saturated rings. The number of amides is 3. The molecule has 5 nitrogen and oxygen atoms in total. The lowest BCUT2D eigenvalue weighted by atomic mass is 10.1. The normalized spacial score (nSPS) is 11.8.